The molecule has 1 N–H and O–H groups in total. The van der Waals surface area contributed by atoms with Crippen LogP contribution in [0.15, 0.2) is 84.9 Å². The quantitative estimate of drug-likeness (QED) is 0.683. The van der Waals surface area contributed by atoms with Crippen LogP contribution in [0.25, 0.3) is 0 Å². The molecule has 0 radical (unpaired) electrons. The summed E-state index contributed by atoms with van der Waals surface area (Å²) in [5.74, 6) is -0.482. The first kappa shape index (κ1) is 17.2. The van der Waals surface area contributed by atoms with Crippen LogP contribution in [0.3, 0.4) is 0 Å². The summed E-state index contributed by atoms with van der Waals surface area (Å²) >= 11 is 0. The van der Waals surface area contributed by atoms with Gasteiger partial charge >= 0.3 is 0 Å². The van der Waals surface area contributed by atoms with Crippen molar-refractivity contribution in [2.24, 2.45) is 0 Å². The topological polar surface area (TPSA) is 49.4 Å². The Bertz CT molecular complexity index is 919. The van der Waals surface area contributed by atoms with Crippen molar-refractivity contribution in [3.63, 3.8) is 0 Å². The Kier molecular flexibility index (Phi) is 4.81. The zero-order chi connectivity index (χ0) is 18.6. The molecule has 2 amide bonds. The van der Waals surface area contributed by atoms with Crippen molar-refractivity contribution in [3.05, 3.63) is 107 Å². The molecule has 3 aromatic carbocycles. The highest BCUT2D eigenvalue weighted by Crippen LogP contribution is 2.23. The molecule has 3 aromatic rings. The molecule has 0 aliphatic carbocycles. The molecule has 1 aliphatic heterocycles. The van der Waals surface area contributed by atoms with E-state index in [4.69, 9.17) is 0 Å². The summed E-state index contributed by atoms with van der Waals surface area (Å²) in [7, 11) is 0. The molecule has 1 aliphatic rings. The Morgan fingerprint density at radius 3 is 1.81 bits per heavy atom. The highest BCUT2D eigenvalue weighted by molar-refractivity contribution is 6.21. The average Bonchev–Trinajstić information content (AvgIpc) is 2.97. The van der Waals surface area contributed by atoms with Gasteiger partial charge in [0.1, 0.15) is 0 Å². The van der Waals surface area contributed by atoms with E-state index in [9.17, 15) is 9.59 Å². The molecular formula is C23H20N2O2. The van der Waals surface area contributed by atoms with Crippen LogP contribution in [-0.2, 0) is 6.42 Å². The standard InChI is InChI=1S/C23H20N2O2/c26-22-19-13-7-8-14-20(19)23(27)25(22)16-24-21(18-11-5-2-6-12-18)15-17-9-3-1-4-10-17/h1-14,21,24H,15-16H2. The summed E-state index contributed by atoms with van der Waals surface area (Å²) in [5.41, 5.74) is 3.27. The lowest BCUT2D eigenvalue weighted by Gasteiger charge is -2.23. The number of fused-ring (bicyclic) bond motifs is 1. The maximum atomic E-state index is 12.6. The van der Waals surface area contributed by atoms with Gasteiger partial charge in [-0.05, 0) is 29.7 Å². The first-order chi connectivity index (χ1) is 13.2. The van der Waals surface area contributed by atoms with Crippen molar-refractivity contribution in [1.29, 1.82) is 0 Å². The van der Waals surface area contributed by atoms with Crippen LogP contribution in [0, 0.1) is 0 Å². The lowest BCUT2D eigenvalue weighted by molar-refractivity contribution is 0.0636. The molecule has 1 heterocycles. The number of imide groups is 1. The third-order valence-electron chi connectivity index (χ3n) is 4.86. The Hall–Kier alpha value is -3.24. The SMILES string of the molecule is O=C1c2ccccc2C(=O)N1CNC(Cc1ccccc1)c1ccccc1. The largest absolute Gasteiger partial charge is 0.292 e. The van der Waals surface area contributed by atoms with Crippen LogP contribution in [-0.4, -0.2) is 23.4 Å². The highest BCUT2D eigenvalue weighted by atomic mass is 16.2. The molecule has 0 spiro atoms. The van der Waals surface area contributed by atoms with Gasteiger partial charge in [-0.1, -0.05) is 72.8 Å². The molecule has 4 heteroatoms. The monoisotopic (exact) mass is 356 g/mol. The van der Waals surface area contributed by atoms with Crippen LogP contribution < -0.4 is 5.32 Å². The minimum atomic E-state index is -0.241. The van der Waals surface area contributed by atoms with Gasteiger partial charge in [-0.25, -0.2) is 0 Å². The lowest BCUT2D eigenvalue weighted by atomic mass is 9.99. The van der Waals surface area contributed by atoms with Crippen molar-refractivity contribution in [2.45, 2.75) is 12.5 Å². The van der Waals surface area contributed by atoms with Crippen LogP contribution >= 0.6 is 0 Å². The van der Waals surface area contributed by atoms with E-state index >= 15 is 0 Å². The minimum Gasteiger partial charge on any atom is -0.292 e. The van der Waals surface area contributed by atoms with E-state index in [1.807, 2.05) is 36.4 Å². The van der Waals surface area contributed by atoms with Gasteiger partial charge in [0, 0.05) is 6.04 Å². The van der Waals surface area contributed by atoms with E-state index in [1.54, 1.807) is 24.3 Å². The van der Waals surface area contributed by atoms with Crippen molar-refractivity contribution >= 4 is 11.8 Å². The molecule has 0 fully saturated rings. The van der Waals surface area contributed by atoms with E-state index in [0.29, 0.717) is 11.1 Å². The van der Waals surface area contributed by atoms with Crippen molar-refractivity contribution in [2.75, 3.05) is 6.67 Å². The molecule has 1 unspecified atom stereocenters. The first-order valence-electron chi connectivity index (χ1n) is 9.01. The number of hydrogen-bond donors (Lipinski definition) is 1. The van der Waals surface area contributed by atoms with Gasteiger partial charge in [0.25, 0.3) is 11.8 Å². The molecule has 1 atom stereocenters. The van der Waals surface area contributed by atoms with Crippen LogP contribution in [0.1, 0.15) is 37.9 Å². The number of carbonyl (C=O) groups excluding carboxylic acids is 2. The third kappa shape index (κ3) is 3.52. The molecule has 0 bridgehead atoms. The van der Waals surface area contributed by atoms with E-state index in [0.717, 1.165) is 12.0 Å². The zero-order valence-corrected chi connectivity index (χ0v) is 14.8. The van der Waals surface area contributed by atoms with Crippen molar-refractivity contribution in [3.8, 4) is 0 Å². The van der Waals surface area contributed by atoms with Crippen molar-refractivity contribution < 1.29 is 9.59 Å². The first-order valence-corrected chi connectivity index (χ1v) is 9.01. The second kappa shape index (κ2) is 7.56. The lowest BCUT2D eigenvalue weighted by Crippen LogP contribution is -2.40. The van der Waals surface area contributed by atoms with Gasteiger partial charge in [-0.15, -0.1) is 0 Å². The average molecular weight is 356 g/mol. The Morgan fingerprint density at radius 2 is 1.22 bits per heavy atom. The predicted octanol–water partition coefficient (Wildman–Crippen LogP) is 3.81. The summed E-state index contributed by atoms with van der Waals surface area (Å²) in [5, 5.41) is 3.41. The molecule has 0 saturated heterocycles. The van der Waals surface area contributed by atoms with E-state index < -0.39 is 0 Å². The van der Waals surface area contributed by atoms with Crippen LogP contribution in [0.4, 0.5) is 0 Å². The normalized spacial score (nSPS) is 14.3. The zero-order valence-electron chi connectivity index (χ0n) is 14.8. The number of hydrogen-bond acceptors (Lipinski definition) is 3. The van der Waals surface area contributed by atoms with E-state index in [1.165, 1.54) is 10.5 Å². The van der Waals surface area contributed by atoms with Gasteiger partial charge < -0.3 is 0 Å². The maximum absolute atomic E-state index is 12.6. The summed E-state index contributed by atoms with van der Waals surface area (Å²) < 4.78 is 0. The fourth-order valence-corrected chi connectivity index (χ4v) is 3.43. The summed E-state index contributed by atoms with van der Waals surface area (Å²) in [6.45, 7) is 0.179. The second-order valence-corrected chi connectivity index (χ2v) is 6.60. The number of carbonyl (C=O) groups is 2. The number of nitrogens with zero attached hydrogens (tertiary/aromatic N) is 1. The Labute approximate surface area is 158 Å². The Balaban J connectivity index is 1.53. The van der Waals surface area contributed by atoms with Gasteiger partial charge in [-0.2, -0.15) is 0 Å². The van der Waals surface area contributed by atoms with Crippen LogP contribution in [0.5, 0.6) is 0 Å². The second-order valence-electron chi connectivity index (χ2n) is 6.60. The van der Waals surface area contributed by atoms with Gasteiger partial charge in [-0.3, -0.25) is 19.8 Å². The molecule has 134 valence electrons. The minimum absolute atomic E-state index is 0.00193. The number of benzene rings is 3. The number of rotatable bonds is 6. The molecule has 4 nitrogen and oxygen atoms in total. The number of nitrogens with one attached hydrogen (secondary N) is 1. The van der Waals surface area contributed by atoms with E-state index in [2.05, 4.69) is 29.6 Å². The number of amides is 2. The summed E-state index contributed by atoms with van der Waals surface area (Å²) in [6, 6.07) is 27.2. The van der Waals surface area contributed by atoms with Crippen molar-refractivity contribution in [1.82, 2.24) is 10.2 Å². The van der Waals surface area contributed by atoms with Gasteiger partial charge in [0.2, 0.25) is 0 Å². The predicted molar refractivity (Wildman–Crippen MR) is 104 cm³/mol. The molecule has 0 aromatic heterocycles. The fourth-order valence-electron chi connectivity index (χ4n) is 3.43. The van der Waals surface area contributed by atoms with Gasteiger partial charge in [0.15, 0.2) is 0 Å². The molecular weight excluding hydrogens is 336 g/mol. The van der Waals surface area contributed by atoms with Gasteiger partial charge in [0.05, 0.1) is 17.8 Å². The third-order valence-corrected chi connectivity index (χ3v) is 4.86. The molecule has 27 heavy (non-hydrogen) atoms. The Morgan fingerprint density at radius 1 is 0.704 bits per heavy atom. The van der Waals surface area contributed by atoms with E-state index in [-0.39, 0.29) is 24.5 Å². The molecule has 0 saturated carbocycles. The molecule has 4 rings (SSSR count). The fraction of sp³-hybridized carbons (Fsp3) is 0.130. The summed E-state index contributed by atoms with van der Waals surface area (Å²) in [4.78, 5) is 26.4. The smallest absolute Gasteiger partial charge is 0.262 e. The highest BCUT2D eigenvalue weighted by Gasteiger charge is 2.35. The van der Waals surface area contributed by atoms with Crippen LogP contribution in [0.2, 0.25) is 0 Å². The summed E-state index contributed by atoms with van der Waals surface area (Å²) in [6.07, 6.45) is 0.772. The maximum Gasteiger partial charge on any atom is 0.262 e.